The van der Waals surface area contributed by atoms with E-state index in [4.69, 9.17) is 0 Å². The summed E-state index contributed by atoms with van der Waals surface area (Å²) in [4.78, 5) is 4.52. The molecule has 8 rings (SSSR count). The lowest BCUT2D eigenvalue weighted by atomic mass is 10.0. The lowest BCUT2D eigenvalue weighted by Gasteiger charge is -2.20. The van der Waals surface area contributed by atoms with Crippen molar-refractivity contribution in [2.24, 2.45) is 0 Å². The molecule has 0 bridgehead atoms. The summed E-state index contributed by atoms with van der Waals surface area (Å²) < 4.78 is 4.68. The minimum Gasteiger partial charge on any atom is -0.344 e. The summed E-state index contributed by atoms with van der Waals surface area (Å²) in [5, 5.41) is 2.47. The second-order valence-corrected chi connectivity index (χ2v) is 12.9. The Morgan fingerprint density at radius 3 is 1.14 bits per heavy atom. The summed E-state index contributed by atoms with van der Waals surface area (Å²) in [6, 6.07) is 60.9. The number of rotatable bonds is 9. The summed E-state index contributed by atoms with van der Waals surface area (Å²) in [6.45, 7) is 1.61. The van der Waals surface area contributed by atoms with E-state index in [0.29, 0.717) is 0 Å². The first-order valence-corrected chi connectivity index (χ1v) is 17.2. The maximum absolute atomic E-state index is 2.34. The minimum absolute atomic E-state index is 0.806. The highest BCUT2D eigenvalue weighted by molar-refractivity contribution is 5.92. The topological polar surface area (TPSA) is 14.2 Å². The molecule has 0 fully saturated rings. The van der Waals surface area contributed by atoms with Gasteiger partial charge in [0, 0.05) is 60.9 Å². The van der Waals surface area contributed by atoms with Crippen LogP contribution >= 0.6 is 0 Å². The molecule has 0 atom stereocenters. The van der Waals surface area contributed by atoms with Crippen molar-refractivity contribution in [3.63, 3.8) is 0 Å². The molecule has 2 aromatic heterocycles. The monoisotopic (exact) mass is 648 g/mol. The van der Waals surface area contributed by atoms with Gasteiger partial charge in [-0.1, -0.05) is 109 Å². The van der Waals surface area contributed by atoms with Crippen LogP contribution in [0.25, 0.3) is 32.9 Å². The Bertz CT molecular complexity index is 2210. The second kappa shape index (κ2) is 13.7. The third kappa shape index (κ3) is 6.20. The van der Waals surface area contributed by atoms with Crippen LogP contribution in [0, 0.1) is 0 Å². The van der Waals surface area contributed by atoms with Gasteiger partial charge in [0.05, 0.1) is 22.1 Å². The lowest BCUT2D eigenvalue weighted by molar-refractivity contribution is -0.662. The maximum Gasteiger partial charge on any atom is 0.214 e. The van der Waals surface area contributed by atoms with E-state index >= 15 is 0 Å². The molecule has 0 aliphatic heterocycles. The molecule has 0 amide bonds. The molecule has 0 radical (unpaired) electrons. The minimum atomic E-state index is 0.806. The van der Waals surface area contributed by atoms with Crippen molar-refractivity contribution in [2.75, 3.05) is 23.9 Å². The van der Waals surface area contributed by atoms with Gasteiger partial charge in [-0.25, -0.2) is 0 Å². The summed E-state index contributed by atoms with van der Waals surface area (Å²) >= 11 is 0. The Hall–Kier alpha value is -6.26. The third-order valence-electron chi connectivity index (χ3n) is 9.76. The van der Waals surface area contributed by atoms with Crippen molar-refractivity contribution >= 4 is 44.6 Å². The first-order chi connectivity index (χ1) is 24.6. The average Bonchev–Trinajstić information content (AvgIpc) is 3.19. The number of hydrogen-bond acceptors (Lipinski definition) is 2. The largest absolute Gasteiger partial charge is 0.344 e. The Labute approximate surface area is 294 Å². The molecule has 0 saturated heterocycles. The highest BCUT2D eigenvalue weighted by Crippen LogP contribution is 2.31. The summed E-state index contributed by atoms with van der Waals surface area (Å²) in [6.07, 6.45) is 4.42. The van der Waals surface area contributed by atoms with Gasteiger partial charge >= 0.3 is 0 Å². The van der Waals surface area contributed by atoms with E-state index in [1.54, 1.807) is 0 Å². The van der Waals surface area contributed by atoms with Crippen molar-refractivity contribution < 1.29 is 9.13 Å². The zero-order valence-corrected chi connectivity index (χ0v) is 28.5. The van der Waals surface area contributed by atoms with Gasteiger partial charge in [0.1, 0.15) is 0 Å². The fraction of sp³-hybridized carbons (Fsp3) is 0.0870. The van der Waals surface area contributed by atoms with Crippen LogP contribution in [0.3, 0.4) is 0 Å². The number of hydrogen-bond donors (Lipinski definition) is 0. The summed E-state index contributed by atoms with van der Waals surface area (Å²) in [5.41, 5.74) is 12.2. The van der Waals surface area contributed by atoms with Crippen molar-refractivity contribution in [1.29, 1.82) is 0 Å². The van der Waals surface area contributed by atoms with Crippen LogP contribution < -0.4 is 18.9 Å². The van der Waals surface area contributed by atoms with Gasteiger partial charge < -0.3 is 9.80 Å². The number of aromatic nitrogens is 2. The van der Waals surface area contributed by atoms with Crippen molar-refractivity contribution in [3.8, 4) is 11.1 Å². The van der Waals surface area contributed by atoms with E-state index in [0.717, 1.165) is 13.1 Å². The van der Waals surface area contributed by atoms with Gasteiger partial charge in [-0.15, -0.1) is 0 Å². The molecule has 0 spiro atoms. The lowest BCUT2D eigenvalue weighted by Crippen LogP contribution is -2.35. The number of benzene rings is 6. The molecule has 0 unspecified atom stereocenters. The molecule has 0 aliphatic rings. The van der Waals surface area contributed by atoms with E-state index in [-0.39, 0.29) is 0 Å². The van der Waals surface area contributed by atoms with E-state index < -0.39 is 0 Å². The highest BCUT2D eigenvalue weighted by atomic mass is 15.1. The molecule has 8 aromatic rings. The van der Waals surface area contributed by atoms with Crippen molar-refractivity contribution in [3.05, 3.63) is 193 Å². The van der Waals surface area contributed by atoms with E-state index in [1.807, 2.05) is 0 Å². The van der Waals surface area contributed by atoms with Crippen molar-refractivity contribution in [1.82, 2.24) is 0 Å². The Morgan fingerprint density at radius 2 is 0.740 bits per heavy atom. The molecular weight excluding hydrogens is 609 g/mol. The molecule has 0 N–H and O–H groups in total. The van der Waals surface area contributed by atoms with Crippen LogP contribution in [-0.4, -0.2) is 14.1 Å². The third-order valence-corrected chi connectivity index (χ3v) is 9.76. The smallest absolute Gasteiger partial charge is 0.214 e. The molecule has 0 aliphatic carbocycles. The highest BCUT2D eigenvalue weighted by Gasteiger charge is 2.18. The van der Waals surface area contributed by atoms with Gasteiger partial charge in [0.2, 0.25) is 11.0 Å². The standard InChI is InChI=1S/C46H40N4/c1-47(39-13-5-3-6-14-39)43-29-31-49(45-19-11-9-17-41(43)45)33-35-21-25-37(26-22-35)38-27-23-36(24-28-38)34-50-32-30-44(42-18-10-12-20-46(42)50)48(2)40-15-7-4-8-16-40/h3-32H,33-34H2,1-2H3/q+2. The van der Waals surface area contributed by atoms with Crippen LogP contribution in [0.15, 0.2) is 182 Å². The van der Waals surface area contributed by atoms with E-state index in [2.05, 4.69) is 215 Å². The predicted molar refractivity (Wildman–Crippen MR) is 207 cm³/mol. The zero-order chi connectivity index (χ0) is 33.9. The normalized spacial score (nSPS) is 11.2. The molecule has 0 saturated carbocycles. The van der Waals surface area contributed by atoms with Crippen LogP contribution in [-0.2, 0) is 13.1 Å². The molecule has 4 nitrogen and oxygen atoms in total. The Balaban J connectivity index is 0.989. The van der Waals surface area contributed by atoms with Crippen molar-refractivity contribution in [2.45, 2.75) is 13.1 Å². The number of pyridine rings is 2. The van der Waals surface area contributed by atoms with Crippen LogP contribution in [0.5, 0.6) is 0 Å². The predicted octanol–water partition coefficient (Wildman–Crippen LogP) is 9.87. The van der Waals surface area contributed by atoms with Gasteiger partial charge in [-0.05, 0) is 47.5 Å². The quantitative estimate of drug-likeness (QED) is 0.145. The first kappa shape index (κ1) is 31.0. The molecule has 242 valence electrons. The number of fused-ring (bicyclic) bond motifs is 2. The van der Waals surface area contributed by atoms with E-state index in [1.165, 1.54) is 66.8 Å². The van der Waals surface area contributed by atoms with Crippen LogP contribution in [0.2, 0.25) is 0 Å². The van der Waals surface area contributed by atoms with Gasteiger partial charge in [0.25, 0.3) is 0 Å². The fourth-order valence-electron chi connectivity index (χ4n) is 6.98. The second-order valence-electron chi connectivity index (χ2n) is 12.9. The molecular formula is C46H40N4+2. The van der Waals surface area contributed by atoms with Gasteiger partial charge in [-0.3, -0.25) is 0 Å². The Kier molecular flexibility index (Phi) is 8.50. The fourth-order valence-corrected chi connectivity index (χ4v) is 6.98. The number of anilines is 4. The van der Waals surface area contributed by atoms with E-state index in [9.17, 15) is 0 Å². The molecule has 50 heavy (non-hydrogen) atoms. The van der Waals surface area contributed by atoms with Gasteiger partial charge in [0.15, 0.2) is 25.5 Å². The summed E-state index contributed by atoms with van der Waals surface area (Å²) in [7, 11) is 4.27. The first-order valence-electron chi connectivity index (χ1n) is 17.2. The average molecular weight is 649 g/mol. The number of para-hydroxylation sites is 4. The van der Waals surface area contributed by atoms with Gasteiger partial charge in [-0.2, -0.15) is 9.13 Å². The summed E-state index contributed by atoms with van der Waals surface area (Å²) in [5.74, 6) is 0. The van der Waals surface area contributed by atoms with Crippen LogP contribution in [0.1, 0.15) is 11.1 Å². The molecule has 2 heterocycles. The SMILES string of the molecule is CN(c1ccccc1)c1cc[n+](Cc2ccc(-c3ccc(C[n+]4ccc(N(C)c5ccccc5)c5ccccc54)cc3)cc2)c2ccccc12. The zero-order valence-electron chi connectivity index (χ0n) is 28.5. The maximum atomic E-state index is 2.34. The number of nitrogens with zero attached hydrogens (tertiary/aromatic N) is 4. The van der Waals surface area contributed by atoms with Crippen LogP contribution in [0.4, 0.5) is 22.7 Å². The Morgan fingerprint density at radius 1 is 0.380 bits per heavy atom. The molecule has 4 heteroatoms. The molecule has 6 aromatic carbocycles.